The summed E-state index contributed by atoms with van der Waals surface area (Å²) < 4.78 is 31.6. The molecule has 0 saturated heterocycles. The van der Waals surface area contributed by atoms with Gasteiger partial charge in [-0.15, -0.1) is 0 Å². The minimum atomic E-state index is -4.67. The minimum absolute atomic E-state index is 0. The Labute approximate surface area is 158 Å². The summed E-state index contributed by atoms with van der Waals surface area (Å²) in [6, 6.07) is 0. The number of hydrogen-bond acceptors (Lipinski definition) is 4. The number of hydrogen-bond donors (Lipinski definition) is 4. The second-order valence-electron chi connectivity index (χ2n) is 1.06. The molecule has 0 aliphatic carbocycles. The van der Waals surface area contributed by atoms with E-state index in [2.05, 4.69) is 0 Å². The van der Waals surface area contributed by atoms with E-state index in [1.807, 2.05) is 0 Å². The van der Waals surface area contributed by atoms with Crippen LogP contribution in [0.15, 0.2) is 0 Å². The number of carbonyl (C=O) groups is 2. The van der Waals surface area contributed by atoms with E-state index in [-0.39, 0.29) is 101 Å². The molecule has 0 aliphatic rings. The quantitative estimate of drug-likeness (QED) is 0.196. The molecule has 0 unspecified atom stereocenters. The average Bonchev–Trinajstić information content (AvgIpc) is 1.59. The van der Waals surface area contributed by atoms with Crippen molar-refractivity contribution in [2.45, 2.75) is 0 Å². The van der Waals surface area contributed by atoms with Crippen molar-refractivity contribution < 1.29 is 138 Å². The predicted octanol–water partition coefficient (Wildman–Crippen LogP) is -7.27. The van der Waals surface area contributed by atoms with E-state index in [1.54, 1.807) is 0 Å². The third kappa shape index (κ3) is 66.0. The number of carboxylic acid groups (broad SMARTS) is 2. The van der Waals surface area contributed by atoms with Crippen molar-refractivity contribution in [1.82, 2.24) is 0 Å². The van der Waals surface area contributed by atoms with Gasteiger partial charge in [0.15, 0.2) is 0 Å². The summed E-state index contributed by atoms with van der Waals surface area (Å²) in [6.07, 6.45) is 0. The maximum atomic E-state index is 9.10. The first-order chi connectivity index (χ1) is 4.64. The van der Waals surface area contributed by atoms with Crippen LogP contribution in [-0.2, 0) is 37.1 Å². The van der Waals surface area contributed by atoms with Gasteiger partial charge in [-0.2, -0.15) is 8.42 Å². The fourth-order valence-electron chi connectivity index (χ4n) is 0. The molecule has 14 heavy (non-hydrogen) atoms. The zero-order valence-electron chi connectivity index (χ0n) is 9.18. The van der Waals surface area contributed by atoms with E-state index in [0.29, 0.717) is 0 Å². The summed E-state index contributed by atoms with van der Waals surface area (Å²) in [4.78, 5) is 18.2. The van der Waals surface area contributed by atoms with Crippen molar-refractivity contribution in [3.8, 4) is 0 Å². The van der Waals surface area contributed by atoms with Crippen molar-refractivity contribution in [3.63, 3.8) is 0 Å². The molecular weight excluding hydrogens is 302 g/mol. The smallest absolute Gasteiger partial charge is 1.00 e. The van der Waals surface area contributed by atoms with Gasteiger partial charge >= 0.3 is 103 Å². The molecule has 0 bridgehead atoms. The van der Waals surface area contributed by atoms with Gasteiger partial charge < -0.3 is 13.1 Å². The van der Waals surface area contributed by atoms with Gasteiger partial charge in [0, 0.05) is 17.1 Å². The van der Waals surface area contributed by atoms with Gasteiger partial charge in [0.05, 0.1) is 0 Å². The summed E-state index contributed by atoms with van der Waals surface area (Å²) in [5, 5.41) is 14.8. The molecule has 0 rings (SSSR count). The predicted molar refractivity (Wildman–Crippen MR) is 31.7 cm³/mol. The van der Waals surface area contributed by atoms with Gasteiger partial charge in [0.2, 0.25) is 0 Å². The number of carboxylic acids is 2. The maximum absolute atomic E-state index is 9.10. The molecule has 0 saturated carbocycles. The molecule has 0 spiro atoms. The molecule has 0 aromatic rings. The first kappa shape index (κ1) is 29.7. The topological polar surface area (TPSA) is 149 Å². The van der Waals surface area contributed by atoms with Crippen LogP contribution in [-0.4, -0.2) is 39.7 Å². The Morgan fingerprint density at radius 2 is 1.07 bits per heavy atom. The molecule has 0 amide bonds. The van der Waals surface area contributed by atoms with Gasteiger partial charge in [-0.25, -0.2) is 9.59 Å². The third-order valence-electron chi connectivity index (χ3n) is 0.183. The van der Waals surface area contributed by atoms with Crippen molar-refractivity contribution in [2.24, 2.45) is 0 Å². The molecule has 12 heteroatoms. The number of rotatable bonds is 0. The zero-order chi connectivity index (χ0) is 9.65. The van der Waals surface area contributed by atoms with Crippen LogP contribution >= 0.6 is 0 Å². The molecule has 0 aromatic carbocycles. The summed E-state index contributed by atoms with van der Waals surface area (Å²) in [5.74, 6) is -3.65. The van der Waals surface area contributed by atoms with Gasteiger partial charge in [-0.3, -0.25) is 9.11 Å². The van der Waals surface area contributed by atoms with Crippen LogP contribution in [0.25, 0.3) is 0 Å². The van der Waals surface area contributed by atoms with Crippen LogP contribution in [0.4, 0.5) is 0 Å². The molecule has 78 valence electrons. The first-order valence-corrected chi connectivity index (χ1v) is 3.20. The van der Waals surface area contributed by atoms with E-state index in [1.165, 1.54) is 0 Å². The molecule has 0 fully saturated rings. The summed E-state index contributed by atoms with van der Waals surface area (Å²) in [7, 11) is -4.67. The van der Waals surface area contributed by atoms with Crippen molar-refractivity contribution >= 4 is 22.3 Å². The minimum Gasteiger partial charge on any atom is -1.00 e. The zero-order valence-corrected chi connectivity index (χ0v) is 14.2. The van der Waals surface area contributed by atoms with Gasteiger partial charge in [-0.1, -0.05) is 0 Å². The maximum Gasteiger partial charge on any atom is 1.00 e. The van der Waals surface area contributed by atoms with Crippen LogP contribution in [0, 0.1) is 0 Å². The van der Waals surface area contributed by atoms with Gasteiger partial charge in [0.25, 0.3) is 0 Å². The Kier molecular flexibility index (Phi) is 31.8. The molecule has 0 atom stereocenters. The van der Waals surface area contributed by atoms with Crippen molar-refractivity contribution in [3.05, 3.63) is 0 Å². The summed E-state index contributed by atoms with van der Waals surface area (Å²) >= 11 is 0. The van der Waals surface area contributed by atoms with E-state index < -0.39 is 22.3 Å². The van der Waals surface area contributed by atoms with E-state index in [9.17, 15) is 0 Å². The van der Waals surface area contributed by atoms with E-state index >= 15 is 0 Å². The molecule has 8 nitrogen and oxygen atoms in total. The van der Waals surface area contributed by atoms with Gasteiger partial charge in [-0.05, 0) is 0 Å². The molecule has 0 aliphatic heterocycles. The van der Waals surface area contributed by atoms with Crippen molar-refractivity contribution in [2.75, 3.05) is 0 Å². The fraction of sp³-hybridized carbons (Fsp3) is 0. The standard InChI is InChI=1S/C2H2O4.Fe.K.Na.H2O4S.2H/c3-1(4)2(5)6;;;;1-5(2,3)4;;/h(H,3,4)(H,5,6);;;;(H2,1,2,3,4);;/q;;2*+1;;2*-1. The van der Waals surface area contributed by atoms with Crippen molar-refractivity contribution in [1.29, 1.82) is 0 Å². The van der Waals surface area contributed by atoms with Crippen LogP contribution in [0.3, 0.4) is 0 Å². The van der Waals surface area contributed by atoms with Gasteiger partial charge in [0.1, 0.15) is 0 Å². The summed E-state index contributed by atoms with van der Waals surface area (Å²) in [6.45, 7) is 0. The fourth-order valence-corrected chi connectivity index (χ4v) is 0. The third-order valence-corrected chi connectivity index (χ3v) is 0.183. The van der Waals surface area contributed by atoms with Crippen LogP contribution in [0.1, 0.15) is 2.85 Å². The van der Waals surface area contributed by atoms with E-state index in [0.717, 1.165) is 0 Å². The Bertz CT molecular complexity index is 239. The average molecular weight is 308 g/mol. The van der Waals surface area contributed by atoms with Crippen LogP contribution in [0.5, 0.6) is 0 Å². The van der Waals surface area contributed by atoms with Crippen LogP contribution < -0.4 is 80.9 Å². The molecule has 0 heterocycles. The molecule has 0 radical (unpaired) electrons. The monoisotopic (exact) mass is 308 g/mol. The second-order valence-corrected chi connectivity index (χ2v) is 1.95. The largest absolute Gasteiger partial charge is 1.00 e. The normalized spacial score (nSPS) is 7.29. The second kappa shape index (κ2) is 15.0. The summed E-state index contributed by atoms with van der Waals surface area (Å²) in [5.41, 5.74) is 0. The Hall–Kier alpha value is 1.97. The Balaban J connectivity index is -0.0000000155. The Morgan fingerprint density at radius 3 is 1.07 bits per heavy atom. The first-order valence-electron chi connectivity index (χ1n) is 1.80. The molecule has 0 aromatic heterocycles. The molecule has 4 N–H and O–H groups in total. The molecular formula is C2H6FeKNaO8S. The van der Waals surface area contributed by atoms with Crippen LogP contribution in [0.2, 0.25) is 0 Å². The van der Waals surface area contributed by atoms with E-state index in [4.69, 9.17) is 37.3 Å². The Morgan fingerprint density at radius 1 is 1.00 bits per heavy atom. The SMILES string of the molecule is O=C(O)C(=O)O.O=S(=O)(O)O.[Fe].[H-].[H-].[K+].[Na+]. The number of aliphatic carboxylic acids is 2.